The molecule has 150 valence electrons. The first-order valence-electron chi connectivity index (χ1n) is 9.18. The molecule has 2 aromatic carbocycles. The van der Waals surface area contributed by atoms with Crippen LogP contribution in [0.2, 0.25) is 0 Å². The van der Waals surface area contributed by atoms with E-state index in [0.29, 0.717) is 23.0 Å². The summed E-state index contributed by atoms with van der Waals surface area (Å²) >= 11 is 0. The van der Waals surface area contributed by atoms with Crippen LogP contribution < -0.4 is 14.8 Å². The molecular formula is C22H27NO5. The minimum Gasteiger partial charge on any atom is -0.493 e. The SMILES string of the molecule is COC(=O)c1ccc(OCC(=O)NC(CC(C)C)c2ccccc2)c(OC)c1. The maximum Gasteiger partial charge on any atom is 0.337 e. The van der Waals surface area contributed by atoms with Crippen LogP contribution in [-0.4, -0.2) is 32.7 Å². The summed E-state index contributed by atoms with van der Waals surface area (Å²) in [6.45, 7) is 4.08. The van der Waals surface area contributed by atoms with Crippen molar-refractivity contribution in [3.05, 3.63) is 59.7 Å². The van der Waals surface area contributed by atoms with Gasteiger partial charge in [0, 0.05) is 0 Å². The molecule has 0 aliphatic heterocycles. The first kappa shape index (κ1) is 21.3. The van der Waals surface area contributed by atoms with Crippen LogP contribution in [0.3, 0.4) is 0 Å². The second kappa shape index (κ2) is 10.3. The van der Waals surface area contributed by atoms with E-state index in [0.717, 1.165) is 12.0 Å². The smallest absolute Gasteiger partial charge is 0.337 e. The van der Waals surface area contributed by atoms with Crippen LogP contribution in [0.15, 0.2) is 48.5 Å². The first-order valence-corrected chi connectivity index (χ1v) is 9.18. The van der Waals surface area contributed by atoms with Crippen molar-refractivity contribution in [1.29, 1.82) is 0 Å². The summed E-state index contributed by atoms with van der Waals surface area (Å²) in [6.07, 6.45) is 0.826. The second-order valence-electron chi connectivity index (χ2n) is 6.81. The van der Waals surface area contributed by atoms with Gasteiger partial charge >= 0.3 is 5.97 Å². The highest BCUT2D eigenvalue weighted by Crippen LogP contribution is 2.28. The predicted octanol–water partition coefficient (Wildman–Crippen LogP) is 3.76. The summed E-state index contributed by atoms with van der Waals surface area (Å²) in [5, 5.41) is 3.03. The predicted molar refractivity (Wildman–Crippen MR) is 107 cm³/mol. The number of ether oxygens (including phenoxy) is 3. The van der Waals surface area contributed by atoms with Gasteiger partial charge in [-0.2, -0.15) is 0 Å². The summed E-state index contributed by atoms with van der Waals surface area (Å²) in [4.78, 5) is 24.1. The fraction of sp³-hybridized carbons (Fsp3) is 0.364. The number of methoxy groups -OCH3 is 2. The van der Waals surface area contributed by atoms with Gasteiger partial charge in [0.1, 0.15) is 0 Å². The van der Waals surface area contributed by atoms with E-state index >= 15 is 0 Å². The molecule has 0 aliphatic rings. The van der Waals surface area contributed by atoms with Crippen LogP contribution in [-0.2, 0) is 9.53 Å². The molecule has 0 radical (unpaired) electrons. The molecule has 0 bridgehead atoms. The molecule has 1 amide bonds. The standard InChI is InChI=1S/C22H27NO5/c1-15(2)12-18(16-8-6-5-7-9-16)23-21(24)14-28-19-11-10-17(22(25)27-4)13-20(19)26-3/h5-11,13,15,18H,12,14H2,1-4H3,(H,23,24). The molecule has 1 N–H and O–H groups in total. The number of carbonyl (C=O) groups excluding carboxylic acids is 2. The lowest BCUT2D eigenvalue weighted by Gasteiger charge is -2.21. The molecule has 1 unspecified atom stereocenters. The lowest BCUT2D eigenvalue weighted by Crippen LogP contribution is -2.33. The Morgan fingerprint density at radius 1 is 1.00 bits per heavy atom. The summed E-state index contributed by atoms with van der Waals surface area (Å²) in [7, 11) is 2.78. The molecule has 6 heteroatoms. The number of benzene rings is 2. The summed E-state index contributed by atoms with van der Waals surface area (Å²) < 4.78 is 15.6. The van der Waals surface area contributed by atoms with E-state index in [1.165, 1.54) is 20.3 Å². The quantitative estimate of drug-likeness (QED) is 0.665. The third-order valence-corrected chi connectivity index (χ3v) is 4.19. The third kappa shape index (κ3) is 6.01. The Morgan fingerprint density at radius 3 is 2.32 bits per heavy atom. The minimum absolute atomic E-state index is 0.0825. The summed E-state index contributed by atoms with van der Waals surface area (Å²) in [6, 6.07) is 14.5. The van der Waals surface area contributed by atoms with Crippen LogP contribution in [0.5, 0.6) is 11.5 Å². The molecule has 0 saturated heterocycles. The molecule has 28 heavy (non-hydrogen) atoms. The molecule has 6 nitrogen and oxygen atoms in total. The Kier molecular flexibility index (Phi) is 7.87. The van der Waals surface area contributed by atoms with Crippen LogP contribution in [0.25, 0.3) is 0 Å². The van der Waals surface area contributed by atoms with Crippen molar-refractivity contribution in [2.24, 2.45) is 5.92 Å². The van der Waals surface area contributed by atoms with Crippen molar-refractivity contribution in [2.45, 2.75) is 26.3 Å². The third-order valence-electron chi connectivity index (χ3n) is 4.19. The number of carbonyl (C=O) groups is 2. The highest BCUT2D eigenvalue weighted by atomic mass is 16.5. The van der Waals surface area contributed by atoms with E-state index in [2.05, 4.69) is 19.2 Å². The molecule has 0 spiro atoms. The van der Waals surface area contributed by atoms with E-state index in [1.54, 1.807) is 12.1 Å². The van der Waals surface area contributed by atoms with Crippen LogP contribution in [0.4, 0.5) is 0 Å². The molecular weight excluding hydrogens is 358 g/mol. The summed E-state index contributed by atoms with van der Waals surface area (Å²) in [5.74, 6) is 0.468. The van der Waals surface area contributed by atoms with Crippen LogP contribution in [0.1, 0.15) is 42.2 Å². The van der Waals surface area contributed by atoms with Gasteiger partial charge < -0.3 is 19.5 Å². The molecule has 0 heterocycles. The molecule has 1 atom stereocenters. The number of nitrogens with one attached hydrogen (secondary N) is 1. The fourth-order valence-corrected chi connectivity index (χ4v) is 2.85. The zero-order chi connectivity index (χ0) is 20.5. The average molecular weight is 385 g/mol. The van der Waals surface area contributed by atoms with Gasteiger partial charge in [-0.15, -0.1) is 0 Å². The number of hydrogen-bond donors (Lipinski definition) is 1. The number of esters is 1. The van der Waals surface area contributed by atoms with E-state index in [-0.39, 0.29) is 18.6 Å². The Labute approximate surface area is 165 Å². The number of rotatable bonds is 9. The Bertz CT molecular complexity index is 789. The molecule has 0 saturated carbocycles. The first-order chi connectivity index (χ1) is 13.4. The molecule has 0 aromatic heterocycles. The van der Waals surface area contributed by atoms with Gasteiger partial charge in [0.2, 0.25) is 0 Å². The van der Waals surface area contributed by atoms with E-state index < -0.39 is 5.97 Å². The van der Waals surface area contributed by atoms with Gasteiger partial charge in [-0.1, -0.05) is 44.2 Å². The van der Waals surface area contributed by atoms with Crippen molar-refractivity contribution in [3.63, 3.8) is 0 Å². The normalized spacial score (nSPS) is 11.6. The van der Waals surface area contributed by atoms with Crippen LogP contribution in [0, 0.1) is 5.92 Å². The topological polar surface area (TPSA) is 73.9 Å². The maximum atomic E-state index is 12.5. The van der Waals surface area contributed by atoms with Gasteiger partial charge in [-0.25, -0.2) is 4.79 Å². The molecule has 2 rings (SSSR count). The molecule has 0 fully saturated rings. The van der Waals surface area contributed by atoms with Crippen molar-refractivity contribution >= 4 is 11.9 Å². The second-order valence-corrected chi connectivity index (χ2v) is 6.81. The van der Waals surface area contributed by atoms with Crippen molar-refractivity contribution in [1.82, 2.24) is 5.32 Å². The molecule has 0 aliphatic carbocycles. The lowest BCUT2D eigenvalue weighted by molar-refractivity contribution is -0.124. The van der Waals surface area contributed by atoms with Crippen molar-refractivity contribution < 1.29 is 23.8 Å². The van der Waals surface area contributed by atoms with Crippen molar-refractivity contribution in [2.75, 3.05) is 20.8 Å². The van der Waals surface area contributed by atoms with Crippen molar-refractivity contribution in [3.8, 4) is 11.5 Å². The highest BCUT2D eigenvalue weighted by molar-refractivity contribution is 5.90. The van der Waals surface area contributed by atoms with Gasteiger partial charge in [-0.05, 0) is 36.1 Å². The minimum atomic E-state index is -0.470. The lowest BCUT2D eigenvalue weighted by atomic mass is 9.97. The monoisotopic (exact) mass is 385 g/mol. The van der Waals surface area contributed by atoms with E-state index in [1.807, 2.05) is 30.3 Å². The highest BCUT2D eigenvalue weighted by Gasteiger charge is 2.17. The van der Waals surface area contributed by atoms with Gasteiger partial charge in [0.15, 0.2) is 18.1 Å². The fourth-order valence-electron chi connectivity index (χ4n) is 2.85. The maximum absolute atomic E-state index is 12.5. The van der Waals surface area contributed by atoms with Crippen LogP contribution >= 0.6 is 0 Å². The van der Waals surface area contributed by atoms with E-state index in [9.17, 15) is 9.59 Å². The Hall–Kier alpha value is -3.02. The largest absolute Gasteiger partial charge is 0.493 e. The Morgan fingerprint density at radius 2 is 1.71 bits per heavy atom. The van der Waals surface area contributed by atoms with E-state index in [4.69, 9.17) is 14.2 Å². The zero-order valence-electron chi connectivity index (χ0n) is 16.7. The summed E-state index contributed by atoms with van der Waals surface area (Å²) in [5.41, 5.74) is 1.40. The Balaban J connectivity index is 2.03. The van der Waals surface area contributed by atoms with Gasteiger partial charge in [0.25, 0.3) is 5.91 Å². The van der Waals surface area contributed by atoms with Gasteiger partial charge in [-0.3, -0.25) is 4.79 Å². The number of hydrogen-bond acceptors (Lipinski definition) is 5. The average Bonchev–Trinajstić information content (AvgIpc) is 2.71. The molecule has 2 aromatic rings. The zero-order valence-corrected chi connectivity index (χ0v) is 16.7. The van der Waals surface area contributed by atoms with Gasteiger partial charge in [0.05, 0.1) is 25.8 Å². The number of amides is 1.